The Labute approximate surface area is 187 Å². The van der Waals surface area contributed by atoms with Crippen molar-refractivity contribution in [2.75, 3.05) is 35.7 Å². The van der Waals surface area contributed by atoms with Gasteiger partial charge in [-0.25, -0.2) is 13.8 Å². The third kappa shape index (κ3) is 5.38. The molecule has 8 nitrogen and oxygen atoms in total. The highest BCUT2D eigenvalue weighted by molar-refractivity contribution is 5.78. The van der Waals surface area contributed by atoms with Crippen molar-refractivity contribution in [3.05, 3.63) is 42.3 Å². The largest absolute Gasteiger partial charge is 0.435 e. The van der Waals surface area contributed by atoms with Crippen LogP contribution >= 0.6 is 0 Å². The van der Waals surface area contributed by atoms with Crippen LogP contribution in [0.1, 0.15) is 12.8 Å². The summed E-state index contributed by atoms with van der Waals surface area (Å²) in [5, 5.41) is 13.9. The fourth-order valence-electron chi connectivity index (χ4n) is 3.44. The molecule has 174 valence electrons. The van der Waals surface area contributed by atoms with E-state index in [2.05, 4.69) is 35.5 Å². The molecule has 1 aliphatic heterocycles. The van der Waals surface area contributed by atoms with E-state index in [4.69, 9.17) is 0 Å². The SMILES string of the molecule is CNc1nnc(Nc2nc(N3CCC(F)CC3)ncc2F)cc1-c1ccc(OC(F)F)cc1. The van der Waals surface area contributed by atoms with E-state index in [1.165, 1.54) is 12.1 Å². The molecule has 4 rings (SSSR count). The Morgan fingerprint density at radius 2 is 1.82 bits per heavy atom. The lowest BCUT2D eigenvalue weighted by molar-refractivity contribution is -0.0498. The van der Waals surface area contributed by atoms with Gasteiger partial charge in [-0.3, -0.25) is 0 Å². The van der Waals surface area contributed by atoms with Crippen molar-refractivity contribution >= 4 is 23.4 Å². The van der Waals surface area contributed by atoms with Crippen LogP contribution in [-0.4, -0.2) is 53.1 Å². The number of nitrogens with zero attached hydrogens (tertiary/aromatic N) is 5. The van der Waals surface area contributed by atoms with E-state index in [9.17, 15) is 17.6 Å². The van der Waals surface area contributed by atoms with Gasteiger partial charge in [0.25, 0.3) is 0 Å². The van der Waals surface area contributed by atoms with E-state index in [1.807, 2.05) is 0 Å². The van der Waals surface area contributed by atoms with Crippen LogP contribution in [0.15, 0.2) is 36.5 Å². The smallest absolute Gasteiger partial charge is 0.387 e. The minimum Gasteiger partial charge on any atom is -0.435 e. The second kappa shape index (κ2) is 9.84. The van der Waals surface area contributed by atoms with Gasteiger partial charge in [0.1, 0.15) is 11.9 Å². The normalized spacial score (nSPS) is 14.4. The maximum absolute atomic E-state index is 14.4. The van der Waals surface area contributed by atoms with Crippen molar-refractivity contribution in [3.63, 3.8) is 0 Å². The van der Waals surface area contributed by atoms with Crippen LogP contribution in [-0.2, 0) is 0 Å². The Morgan fingerprint density at radius 1 is 1.09 bits per heavy atom. The zero-order chi connectivity index (χ0) is 23.4. The van der Waals surface area contributed by atoms with Gasteiger partial charge in [-0.1, -0.05) is 12.1 Å². The van der Waals surface area contributed by atoms with Gasteiger partial charge in [0.05, 0.1) is 6.20 Å². The lowest BCUT2D eigenvalue weighted by atomic mass is 10.1. The van der Waals surface area contributed by atoms with Gasteiger partial charge in [0, 0.05) is 25.7 Å². The lowest BCUT2D eigenvalue weighted by Crippen LogP contribution is -2.35. The summed E-state index contributed by atoms with van der Waals surface area (Å²) < 4.78 is 57.0. The number of benzene rings is 1. The molecule has 1 aliphatic rings. The molecule has 0 aliphatic carbocycles. The van der Waals surface area contributed by atoms with Crippen LogP contribution in [0.2, 0.25) is 0 Å². The summed E-state index contributed by atoms with van der Waals surface area (Å²) >= 11 is 0. The van der Waals surface area contributed by atoms with Gasteiger partial charge in [-0.15, -0.1) is 10.2 Å². The Balaban J connectivity index is 1.58. The molecule has 0 atom stereocenters. The van der Waals surface area contributed by atoms with E-state index in [1.54, 1.807) is 30.1 Å². The number of rotatable bonds is 7. The quantitative estimate of drug-likeness (QED) is 0.499. The fourth-order valence-corrected chi connectivity index (χ4v) is 3.44. The minimum atomic E-state index is -2.92. The third-order valence-corrected chi connectivity index (χ3v) is 5.11. The first-order valence-corrected chi connectivity index (χ1v) is 10.2. The summed E-state index contributed by atoms with van der Waals surface area (Å²) in [7, 11) is 1.66. The number of aromatic nitrogens is 4. The molecule has 1 fully saturated rings. The molecular formula is C21H21F4N7O. The van der Waals surface area contributed by atoms with Crippen molar-refractivity contribution in [1.29, 1.82) is 0 Å². The zero-order valence-electron chi connectivity index (χ0n) is 17.6. The molecule has 0 radical (unpaired) electrons. The summed E-state index contributed by atoms with van der Waals surface area (Å²) in [6.07, 6.45) is 0.926. The molecule has 3 heterocycles. The van der Waals surface area contributed by atoms with Gasteiger partial charge in [-0.2, -0.15) is 13.8 Å². The zero-order valence-corrected chi connectivity index (χ0v) is 17.6. The van der Waals surface area contributed by atoms with Crippen LogP contribution in [0.25, 0.3) is 11.1 Å². The average Bonchev–Trinajstić information content (AvgIpc) is 2.81. The van der Waals surface area contributed by atoms with E-state index in [0.717, 1.165) is 6.20 Å². The van der Waals surface area contributed by atoms with Crippen LogP contribution < -0.4 is 20.3 Å². The molecule has 12 heteroatoms. The fraction of sp³-hybridized carbons (Fsp3) is 0.333. The summed E-state index contributed by atoms with van der Waals surface area (Å²) in [4.78, 5) is 10.0. The Bertz CT molecular complexity index is 1090. The van der Waals surface area contributed by atoms with Crippen molar-refractivity contribution < 1.29 is 22.3 Å². The molecule has 33 heavy (non-hydrogen) atoms. The molecular weight excluding hydrogens is 442 g/mol. The molecule has 0 spiro atoms. The van der Waals surface area contributed by atoms with Gasteiger partial charge in [0.15, 0.2) is 23.3 Å². The number of hydrogen-bond donors (Lipinski definition) is 2. The van der Waals surface area contributed by atoms with Gasteiger partial charge < -0.3 is 20.3 Å². The standard InChI is InChI=1S/C21H21F4N7O/c1-26-18-15(12-2-4-14(5-3-12)33-20(24)25)10-17(30-31-18)28-19-16(23)11-27-21(29-19)32-8-6-13(22)7-9-32/h2-5,10-11,13,20H,6-9H2,1H3,(H,26,31)(H,27,28,29,30). The van der Waals surface area contributed by atoms with E-state index >= 15 is 0 Å². The average molecular weight is 463 g/mol. The molecule has 0 amide bonds. The van der Waals surface area contributed by atoms with Crippen molar-refractivity contribution in [2.45, 2.75) is 25.6 Å². The van der Waals surface area contributed by atoms with Crippen LogP contribution in [0, 0.1) is 5.82 Å². The predicted molar refractivity (Wildman–Crippen MR) is 115 cm³/mol. The molecule has 3 aromatic rings. The molecule has 2 aromatic heterocycles. The highest BCUT2D eigenvalue weighted by Crippen LogP contribution is 2.31. The summed E-state index contributed by atoms with van der Waals surface area (Å²) in [5.74, 6) is 0.172. The number of hydrogen-bond acceptors (Lipinski definition) is 8. The van der Waals surface area contributed by atoms with Crippen LogP contribution in [0.3, 0.4) is 0 Å². The summed E-state index contributed by atoms with van der Waals surface area (Å²) in [5.41, 5.74) is 1.25. The van der Waals surface area contributed by atoms with Gasteiger partial charge in [0.2, 0.25) is 5.95 Å². The Morgan fingerprint density at radius 3 is 2.48 bits per heavy atom. The maximum atomic E-state index is 14.4. The topological polar surface area (TPSA) is 88.1 Å². The molecule has 2 N–H and O–H groups in total. The van der Waals surface area contributed by atoms with Gasteiger partial charge in [-0.05, 0) is 36.6 Å². The number of halogens is 4. The first kappa shape index (κ1) is 22.5. The van der Waals surface area contributed by atoms with E-state index < -0.39 is 18.6 Å². The molecule has 1 saturated heterocycles. The first-order chi connectivity index (χ1) is 15.9. The monoisotopic (exact) mass is 463 g/mol. The Hall–Kier alpha value is -3.70. The number of anilines is 4. The number of ether oxygens (including phenoxy) is 1. The molecule has 0 unspecified atom stereocenters. The van der Waals surface area contributed by atoms with E-state index in [0.29, 0.717) is 48.8 Å². The summed E-state index contributed by atoms with van der Waals surface area (Å²) in [6.45, 7) is -2.03. The number of alkyl halides is 3. The highest BCUT2D eigenvalue weighted by atomic mass is 19.3. The van der Waals surface area contributed by atoms with E-state index in [-0.39, 0.29) is 17.4 Å². The molecule has 1 aromatic carbocycles. The number of piperidine rings is 1. The van der Waals surface area contributed by atoms with Crippen LogP contribution in [0.5, 0.6) is 5.75 Å². The maximum Gasteiger partial charge on any atom is 0.387 e. The van der Waals surface area contributed by atoms with Crippen molar-refractivity contribution in [1.82, 2.24) is 20.2 Å². The third-order valence-electron chi connectivity index (χ3n) is 5.11. The number of nitrogens with one attached hydrogen (secondary N) is 2. The summed E-state index contributed by atoms with van der Waals surface area (Å²) in [6, 6.07) is 7.63. The van der Waals surface area contributed by atoms with Crippen molar-refractivity contribution in [3.8, 4) is 16.9 Å². The highest BCUT2D eigenvalue weighted by Gasteiger charge is 2.21. The minimum absolute atomic E-state index is 0.0208. The van der Waals surface area contributed by atoms with Crippen LogP contribution in [0.4, 0.5) is 41.0 Å². The van der Waals surface area contributed by atoms with Crippen molar-refractivity contribution in [2.24, 2.45) is 0 Å². The second-order valence-electron chi connectivity index (χ2n) is 7.30. The second-order valence-corrected chi connectivity index (χ2v) is 7.30. The predicted octanol–water partition coefficient (Wildman–Crippen LogP) is 4.40. The first-order valence-electron chi connectivity index (χ1n) is 10.2. The Kier molecular flexibility index (Phi) is 6.71. The van der Waals surface area contributed by atoms with Gasteiger partial charge >= 0.3 is 6.61 Å². The lowest BCUT2D eigenvalue weighted by Gasteiger charge is -2.28. The molecule has 0 bridgehead atoms. The molecule has 0 saturated carbocycles.